The van der Waals surface area contributed by atoms with Crippen LogP contribution < -0.4 is 11.5 Å². The minimum Gasteiger partial charge on any atom is -0.480 e. The lowest BCUT2D eigenvalue weighted by Crippen LogP contribution is -2.32. The van der Waals surface area contributed by atoms with E-state index in [4.69, 9.17) is 23.1 Å². The highest BCUT2D eigenvalue weighted by Crippen LogP contribution is 2.14. The van der Waals surface area contributed by atoms with Gasteiger partial charge in [-0.2, -0.15) is 4.85 Å². The molecule has 0 saturated heterocycles. The molecule has 0 amide bonds. The van der Waals surface area contributed by atoms with Crippen molar-refractivity contribution >= 4 is 17.6 Å². The van der Waals surface area contributed by atoms with Crippen LogP contribution in [0.3, 0.4) is 0 Å². The number of hydrogen-bond donors (Lipinski definition) is 3. The first-order valence-electron chi connectivity index (χ1n) is 4.85. The van der Waals surface area contributed by atoms with Crippen LogP contribution in [0.2, 0.25) is 0 Å². The van der Waals surface area contributed by atoms with Crippen LogP contribution in [0.5, 0.6) is 0 Å². The van der Waals surface area contributed by atoms with Gasteiger partial charge in [0.25, 0.3) is 0 Å². The lowest BCUT2D eigenvalue weighted by atomic mass is 10.1. The second-order valence-corrected chi connectivity index (χ2v) is 3.41. The van der Waals surface area contributed by atoms with Crippen LogP contribution >= 0.6 is 0 Å². The van der Waals surface area contributed by atoms with Gasteiger partial charge in [-0.05, 0) is 24.1 Å². The summed E-state index contributed by atoms with van der Waals surface area (Å²) in [6.45, 7) is 4.94. The summed E-state index contributed by atoms with van der Waals surface area (Å²) in [4.78, 5) is 17.7. The Morgan fingerprint density at radius 3 is 2.53 bits per heavy atom. The smallest absolute Gasteiger partial charge is 0.480 e. The molecule has 0 spiro atoms. The quantitative estimate of drug-likeness (QED) is 0.521. The van der Waals surface area contributed by atoms with Gasteiger partial charge in [0.2, 0.25) is 0 Å². The molecule has 1 rings (SSSR count). The monoisotopic (exact) mass is 233 g/mol. The Balaban J connectivity index is 2.76. The lowest BCUT2D eigenvalue weighted by molar-refractivity contribution is -0.138. The van der Waals surface area contributed by atoms with E-state index < -0.39 is 12.0 Å². The van der Waals surface area contributed by atoms with Crippen molar-refractivity contribution in [2.45, 2.75) is 12.5 Å². The summed E-state index contributed by atoms with van der Waals surface area (Å²) in [5.41, 5.74) is 12.1. The zero-order valence-corrected chi connectivity index (χ0v) is 9.08. The van der Waals surface area contributed by atoms with Gasteiger partial charge >= 0.3 is 11.9 Å². The summed E-state index contributed by atoms with van der Waals surface area (Å²) in [7, 11) is 0. The van der Waals surface area contributed by atoms with E-state index >= 15 is 0 Å². The number of rotatable bonds is 4. The van der Waals surface area contributed by atoms with Crippen LogP contribution in [-0.4, -0.2) is 23.1 Å². The Morgan fingerprint density at radius 1 is 1.47 bits per heavy atom. The number of aliphatic carboxylic acids is 1. The van der Waals surface area contributed by atoms with Gasteiger partial charge in [0, 0.05) is 0 Å². The van der Waals surface area contributed by atoms with Crippen molar-refractivity contribution in [1.29, 1.82) is 0 Å². The molecule has 0 aliphatic carbocycles. The molecule has 5 N–H and O–H groups in total. The highest BCUT2D eigenvalue weighted by molar-refractivity contribution is 5.90. The number of guanidine groups is 1. The van der Waals surface area contributed by atoms with Crippen molar-refractivity contribution in [3.8, 4) is 6.57 Å². The number of carbonyl (C=O) groups is 1. The number of carboxylic acids is 1. The molecular formula is C11H13N4O2+. The fourth-order valence-electron chi connectivity index (χ4n) is 1.21. The van der Waals surface area contributed by atoms with Crippen molar-refractivity contribution in [3.63, 3.8) is 0 Å². The third-order valence-corrected chi connectivity index (χ3v) is 2.09. The number of carboxylic acid groups (broad SMARTS) is 1. The van der Waals surface area contributed by atoms with Gasteiger partial charge in [-0.15, -0.1) is 0 Å². The predicted molar refractivity (Wildman–Crippen MR) is 65.3 cm³/mol. The lowest BCUT2D eigenvalue weighted by Gasteiger charge is -2.05. The zero-order chi connectivity index (χ0) is 12.8. The Labute approximate surface area is 98.4 Å². The molecule has 0 aromatic heterocycles. The van der Waals surface area contributed by atoms with Gasteiger partial charge in [0.15, 0.2) is 0 Å². The van der Waals surface area contributed by atoms with Gasteiger partial charge in [-0.3, -0.25) is 10.5 Å². The number of nitrogens with two attached hydrogens (primary N) is 2. The van der Waals surface area contributed by atoms with E-state index in [1.807, 2.05) is 0 Å². The molecule has 17 heavy (non-hydrogen) atoms. The molecular weight excluding hydrogens is 220 g/mol. The third kappa shape index (κ3) is 3.93. The molecule has 6 heteroatoms. The number of aliphatic imine (C=N–C) groups is 1. The van der Waals surface area contributed by atoms with Gasteiger partial charge in [0.1, 0.15) is 11.7 Å². The van der Waals surface area contributed by atoms with Crippen LogP contribution in [0.1, 0.15) is 5.56 Å². The Bertz CT molecular complexity index is 473. The maximum atomic E-state index is 10.6. The fourth-order valence-corrected chi connectivity index (χ4v) is 1.21. The molecule has 1 atom stereocenters. The normalized spacial score (nSPS) is 12.8. The average Bonchev–Trinajstić information content (AvgIpc) is 2.31. The fraction of sp³-hybridized carbons (Fsp3) is 0.182. The molecule has 1 aromatic carbocycles. The second kappa shape index (κ2) is 5.63. The number of benzene rings is 1. The molecule has 88 valence electrons. The maximum absolute atomic E-state index is 10.6. The Kier molecular flexibility index (Phi) is 4.20. The SMILES string of the molecule is C#[N+]C(N)=Nc1ccc(C[C@H](N)C(=O)O)cc1. The van der Waals surface area contributed by atoms with Gasteiger partial charge in [-0.1, -0.05) is 17.1 Å². The first-order chi connectivity index (χ1) is 8.02. The maximum Gasteiger partial charge on any atom is 0.486 e. The molecule has 0 heterocycles. The standard InChI is InChI=1S/C11H12N4O2/c1-14-11(13)15-8-4-2-7(3-5-8)6-9(12)10(16)17/h1-5,9H,6,12H2,(H2-,13,15,16,17)/p+1/t9-/m0/s1. The largest absolute Gasteiger partial charge is 0.486 e. The second-order valence-electron chi connectivity index (χ2n) is 3.41. The zero-order valence-electron chi connectivity index (χ0n) is 9.08. The number of nitrogens with zero attached hydrogens (tertiary/aromatic N) is 2. The van der Waals surface area contributed by atoms with E-state index in [2.05, 4.69) is 9.84 Å². The molecule has 6 nitrogen and oxygen atoms in total. The van der Waals surface area contributed by atoms with Crippen molar-refractivity contribution in [2.24, 2.45) is 16.5 Å². The van der Waals surface area contributed by atoms with E-state index in [0.29, 0.717) is 5.69 Å². The molecule has 0 aliphatic rings. The minimum atomic E-state index is -1.03. The predicted octanol–water partition coefficient (Wildman–Crippen LogP) is 0.550. The van der Waals surface area contributed by atoms with E-state index in [9.17, 15) is 4.79 Å². The summed E-state index contributed by atoms with van der Waals surface area (Å²) in [6, 6.07) is 5.91. The first kappa shape index (κ1) is 12.7. The summed E-state index contributed by atoms with van der Waals surface area (Å²) in [6.07, 6.45) is 0.260. The summed E-state index contributed by atoms with van der Waals surface area (Å²) < 4.78 is 0. The Morgan fingerprint density at radius 2 is 2.06 bits per heavy atom. The van der Waals surface area contributed by atoms with Crippen LogP contribution in [-0.2, 0) is 11.2 Å². The highest BCUT2D eigenvalue weighted by Gasteiger charge is 2.12. The van der Waals surface area contributed by atoms with E-state index in [1.54, 1.807) is 24.3 Å². The molecule has 0 aliphatic heterocycles. The molecule has 0 bridgehead atoms. The summed E-state index contributed by atoms with van der Waals surface area (Å²) >= 11 is 0. The van der Waals surface area contributed by atoms with Gasteiger partial charge in [-0.25, -0.2) is 0 Å². The summed E-state index contributed by atoms with van der Waals surface area (Å²) in [5.74, 6) is -1.06. The Hall–Kier alpha value is -2.39. The van der Waals surface area contributed by atoms with Crippen LogP contribution in [0, 0.1) is 6.57 Å². The third-order valence-electron chi connectivity index (χ3n) is 2.09. The first-order valence-corrected chi connectivity index (χ1v) is 4.85. The molecule has 0 unspecified atom stereocenters. The van der Waals surface area contributed by atoms with Gasteiger partial charge in [0.05, 0.1) is 6.57 Å². The van der Waals surface area contributed by atoms with E-state index in [1.165, 1.54) is 0 Å². The van der Waals surface area contributed by atoms with E-state index in [-0.39, 0.29) is 12.4 Å². The van der Waals surface area contributed by atoms with Crippen molar-refractivity contribution < 1.29 is 9.90 Å². The van der Waals surface area contributed by atoms with Crippen LogP contribution in [0.15, 0.2) is 29.3 Å². The number of hydrogen-bond acceptors (Lipinski definition) is 3. The average molecular weight is 233 g/mol. The van der Waals surface area contributed by atoms with Gasteiger partial charge < -0.3 is 10.8 Å². The van der Waals surface area contributed by atoms with Crippen molar-refractivity contribution in [3.05, 3.63) is 34.7 Å². The molecule has 1 aromatic rings. The van der Waals surface area contributed by atoms with Crippen LogP contribution in [0.25, 0.3) is 4.85 Å². The van der Waals surface area contributed by atoms with Crippen molar-refractivity contribution in [1.82, 2.24) is 0 Å². The van der Waals surface area contributed by atoms with Crippen LogP contribution in [0.4, 0.5) is 5.69 Å². The topological polar surface area (TPSA) is 106 Å². The van der Waals surface area contributed by atoms with E-state index in [0.717, 1.165) is 5.56 Å². The molecule has 0 saturated carbocycles. The minimum absolute atomic E-state index is 0.0278. The van der Waals surface area contributed by atoms with Crippen molar-refractivity contribution in [2.75, 3.05) is 0 Å². The molecule has 0 radical (unpaired) electrons. The highest BCUT2D eigenvalue weighted by atomic mass is 16.4. The molecule has 0 fully saturated rings. The summed E-state index contributed by atoms with van der Waals surface area (Å²) in [5, 5.41) is 8.66.